The van der Waals surface area contributed by atoms with Crippen molar-refractivity contribution < 1.29 is 9.90 Å². The van der Waals surface area contributed by atoms with E-state index in [1.807, 2.05) is 6.20 Å². The Hall–Kier alpha value is -2.14. The number of hydrogen-bond acceptors (Lipinski definition) is 3. The normalized spacial score (nSPS) is 44.9. The van der Waals surface area contributed by atoms with Gasteiger partial charge in [-0.3, -0.25) is 4.79 Å². The molecule has 0 bridgehead atoms. The lowest BCUT2D eigenvalue weighted by Gasteiger charge is -2.73. The average molecular weight is 654 g/mol. The van der Waals surface area contributed by atoms with E-state index in [1.165, 1.54) is 44.9 Å². The molecule has 1 aromatic heterocycles. The summed E-state index contributed by atoms with van der Waals surface area (Å²) in [5.41, 5.74) is 2.73. The van der Waals surface area contributed by atoms with Gasteiger partial charge in [0.1, 0.15) is 5.82 Å². The Labute approximate surface area is 290 Å². The molecule has 1 aliphatic heterocycles. The molecule has 5 saturated carbocycles. The zero-order valence-corrected chi connectivity index (χ0v) is 31.0. The lowest BCUT2D eigenvalue weighted by Crippen LogP contribution is -2.67. The number of imidazole rings is 1. The van der Waals surface area contributed by atoms with Crippen LogP contribution in [0.3, 0.4) is 0 Å². The highest BCUT2D eigenvalue weighted by molar-refractivity contribution is 5.84. The molecule has 6 aliphatic rings. The predicted octanol–water partition coefficient (Wildman–Crippen LogP) is 9.84. The molecule has 8 rings (SSSR count). The number of carbonyl (C=O) groups excluding carboxylic acids is 1. The van der Waals surface area contributed by atoms with Crippen molar-refractivity contribution in [2.45, 2.75) is 138 Å². The predicted molar refractivity (Wildman–Crippen MR) is 193 cm³/mol. The van der Waals surface area contributed by atoms with Gasteiger partial charge in [0.25, 0.3) is 0 Å². The second-order valence-electron chi connectivity index (χ2n) is 19.4. The van der Waals surface area contributed by atoms with Crippen LogP contribution in [0, 0.1) is 62.6 Å². The Morgan fingerprint density at radius 1 is 0.875 bits per heavy atom. The topological polar surface area (TPSA) is 69.2 Å². The summed E-state index contributed by atoms with van der Waals surface area (Å²) in [5.74, 6) is 4.98. The molecule has 4 unspecified atom stereocenters. The number of amides is 1. The highest BCUT2D eigenvalue weighted by Gasteiger charge is 2.72. The maximum absolute atomic E-state index is 15.4. The second kappa shape index (κ2) is 11.2. The van der Waals surface area contributed by atoms with Crippen LogP contribution >= 0.6 is 0 Å². The molecule has 6 fully saturated rings. The SMILES string of the molecule is CC(C)[C@@H]1CC[C@]2(C(=O)N3CCCC3c3ncc(-c4ccccc4)[nH]3)CC[C@]3(C)[C@H](CCC4[C@@]5(C)CC[C@H](O)C(C)(C)C5CC[C@]43C)C12. The molecule has 2 N–H and O–H groups in total. The number of aromatic amines is 1. The van der Waals surface area contributed by atoms with Crippen LogP contribution in [-0.4, -0.2) is 38.5 Å². The van der Waals surface area contributed by atoms with Gasteiger partial charge in [0.15, 0.2) is 0 Å². The van der Waals surface area contributed by atoms with Gasteiger partial charge in [0.2, 0.25) is 5.91 Å². The summed E-state index contributed by atoms with van der Waals surface area (Å²) in [6, 6.07) is 10.5. The molecule has 11 atom stereocenters. The van der Waals surface area contributed by atoms with E-state index in [4.69, 9.17) is 4.98 Å². The minimum atomic E-state index is -0.238. The van der Waals surface area contributed by atoms with E-state index in [1.54, 1.807) is 0 Å². The van der Waals surface area contributed by atoms with Gasteiger partial charge in [-0.25, -0.2) is 4.98 Å². The number of nitrogens with one attached hydrogen (secondary N) is 1. The first-order valence-corrected chi connectivity index (χ1v) is 19.9. The first kappa shape index (κ1) is 33.0. The van der Waals surface area contributed by atoms with Crippen molar-refractivity contribution in [2.75, 3.05) is 6.54 Å². The molecule has 1 amide bonds. The molecule has 1 saturated heterocycles. The van der Waals surface area contributed by atoms with E-state index >= 15 is 4.79 Å². The molecule has 1 aromatic carbocycles. The molecular formula is C43H63N3O2. The smallest absolute Gasteiger partial charge is 0.229 e. The van der Waals surface area contributed by atoms with E-state index in [9.17, 15) is 5.11 Å². The van der Waals surface area contributed by atoms with Gasteiger partial charge < -0.3 is 15.0 Å². The van der Waals surface area contributed by atoms with Crippen LogP contribution in [0.15, 0.2) is 36.5 Å². The molecule has 5 heteroatoms. The molecule has 5 aliphatic carbocycles. The van der Waals surface area contributed by atoms with E-state index in [0.717, 1.165) is 55.7 Å². The third kappa shape index (κ3) is 4.37. The van der Waals surface area contributed by atoms with E-state index in [0.29, 0.717) is 41.4 Å². The fraction of sp³-hybridized carbons (Fsp3) is 0.767. The van der Waals surface area contributed by atoms with Crippen LogP contribution < -0.4 is 0 Å². The Morgan fingerprint density at radius 2 is 1.65 bits per heavy atom. The number of aliphatic hydroxyl groups is 1. The Balaban J connectivity index is 1.12. The van der Waals surface area contributed by atoms with Crippen LogP contribution in [0.1, 0.15) is 137 Å². The van der Waals surface area contributed by atoms with E-state index in [-0.39, 0.29) is 39.2 Å². The molecule has 262 valence electrons. The molecule has 5 nitrogen and oxygen atoms in total. The Bertz CT molecular complexity index is 1530. The van der Waals surface area contributed by atoms with Crippen LogP contribution in [-0.2, 0) is 4.79 Å². The van der Waals surface area contributed by atoms with Gasteiger partial charge in [-0.05, 0) is 140 Å². The molecule has 0 radical (unpaired) electrons. The highest BCUT2D eigenvalue weighted by Crippen LogP contribution is 2.77. The summed E-state index contributed by atoms with van der Waals surface area (Å²) < 4.78 is 0. The van der Waals surface area contributed by atoms with Gasteiger partial charge in [-0.2, -0.15) is 0 Å². The third-order valence-corrected chi connectivity index (χ3v) is 17.3. The van der Waals surface area contributed by atoms with Crippen LogP contribution in [0.5, 0.6) is 0 Å². The lowest BCUT2D eigenvalue weighted by atomic mass is 9.32. The number of H-pyrrole nitrogens is 1. The first-order chi connectivity index (χ1) is 22.8. The molecular weight excluding hydrogens is 590 g/mol. The van der Waals surface area contributed by atoms with E-state index in [2.05, 4.69) is 88.7 Å². The summed E-state index contributed by atoms with van der Waals surface area (Å²) >= 11 is 0. The lowest BCUT2D eigenvalue weighted by molar-refractivity contribution is -0.249. The van der Waals surface area contributed by atoms with Gasteiger partial charge in [0.05, 0.1) is 29.5 Å². The minimum Gasteiger partial charge on any atom is -0.393 e. The molecule has 0 spiro atoms. The number of aliphatic hydroxyl groups excluding tert-OH is 1. The maximum Gasteiger partial charge on any atom is 0.229 e. The fourth-order valence-corrected chi connectivity index (χ4v) is 14.6. The Kier molecular flexibility index (Phi) is 7.69. The van der Waals surface area contributed by atoms with Gasteiger partial charge in [-0.1, -0.05) is 78.8 Å². The number of aromatic nitrogens is 2. The van der Waals surface area contributed by atoms with Gasteiger partial charge >= 0.3 is 0 Å². The summed E-state index contributed by atoms with van der Waals surface area (Å²) in [6.07, 6.45) is 15.5. The number of rotatable bonds is 4. The summed E-state index contributed by atoms with van der Waals surface area (Å²) in [7, 11) is 0. The number of carbonyl (C=O) groups is 1. The molecule has 48 heavy (non-hydrogen) atoms. The number of likely N-dealkylation sites (tertiary alicyclic amines) is 1. The van der Waals surface area contributed by atoms with Crippen molar-refractivity contribution in [2.24, 2.45) is 62.6 Å². The van der Waals surface area contributed by atoms with Crippen molar-refractivity contribution >= 4 is 5.91 Å². The third-order valence-electron chi connectivity index (χ3n) is 17.3. The standard InChI is InChI=1S/C43H63N3O2/c1-27(2)29-17-22-43(38(48)46-25-11-14-32(46)37-44-26-31(45-37)28-12-9-8-10-13-28)24-23-41(6)30(36(29)43)15-16-34-40(5)20-19-35(47)39(3,4)33(40)18-21-42(34,41)7/h8-10,12-13,26-27,29-30,32-36,47H,11,14-25H2,1-7H3,(H,44,45)/t29-,30+,32?,33?,34?,35-,36?,40-,41+,42+,43-/m0/s1. The minimum absolute atomic E-state index is 0.0173. The van der Waals surface area contributed by atoms with E-state index < -0.39 is 0 Å². The van der Waals surface area contributed by atoms with Crippen LogP contribution in [0.25, 0.3) is 11.3 Å². The van der Waals surface area contributed by atoms with Crippen LogP contribution in [0.4, 0.5) is 0 Å². The number of nitrogens with zero attached hydrogens (tertiary/aromatic N) is 2. The summed E-state index contributed by atoms with van der Waals surface area (Å²) in [4.78, 5) is 26.2. The monoisotopic (exact) mass is 653 g/mol. The van der Waals surface area contributed by atoms with Gasteiger partial charge in [0, 0.05) is 6.54 Å². The van der Waals surface area contributed by atoms with Crippen molar-refractivity contribution in [1.29, 1.82) is 0 Å². The summed E-state index contributed by atoms with van der Waals surface area (Å²) in [5, 5.41) is 11.1. The fourth-order valence-electron chi connectivity index (χ4n) is 14.6. The molecule has 2 heterocycles. The Morgan fingerprint density at radius 3 is 2.40 bits per heavy atom. The zero-order valence-electron chi connectivity index (χ0n) is 31.0. The van der Waals surface area contributed by atoms with Crippen molar-refractivity contribution in [1.82, 2.24) is 14.9 Å². The number of benzene rings is 1. The van der Waals surface area contributed by atoms with Crippen molar-refractivity contribution in [3.8, 4) is 11.3 Å². The van der Waals surface area contributed by atoms with Gasteiger partial charge in [-0.15, -0.1) is 0 Å². The van der Waals surface area contributed by atoms with Crippen molar-refractivity contribution in [3.63, 3.8) is 0 Å². The second-order valence-corrected chi connectivity index (χ2v) is 19.4. The molecule has 2 aromatic rings. The number of hydrogen-bond donors (Lipinski definition) is 2. The van der Waals surface area contributed by atoms with Crippen LogP contribution in [0.2, 0.25) is 0 Å². The first-order valence-electron chi connectivity index (χ1n) is 19.9. The number of fused-ring (bicyclic) bond motifs is 7. The van der Waals surface area contributed by atoms with Crippen molar-refractivity contribution in [3.05, 3.63) is 42.4 Å². The average Bonchev–Trinajstić information content (AvgIpc) is 3.82. The quantitative estimate of drug-likeness (QED) is 0.345. The zero-order chi connectivity index (χ0) is 33.9. The highest BCUT2D eigenvalue weighted by atomic mass is 16.3. The maximum atomic E-state index is 15.4. The largest absolute Gasteiger partial charge is 0.393 e. The summed E-state index contributed by atoms with van der Waals surface area (Å²) in [6.45, 7) is 18.5.